The van der Waals surface area contributed by atoms with Crippen molar-refractivity contribution in [2.75, 3.05) is 62.3 Å². The van der Waals surface area contributed by atoms with Gasteiger partial charge in [-0.25, -0.2) is 8.42 Å². The van der Waals surface area contributed by atoms with Gasteiger partial charge in [0.25, 0.3) is 10.1 Å². The Bertz CT molecular complexity index is 1620. The zero-order valence-corrected chi connectivity index (χ0v) is 27.1. The van der Waals surface area contributed by atoms with E-state index < -0.39 is 49.1 Å². The van der Waals surface area contributed by atoms with E-state index in [2.05, 4.69) is 37.5 Å². The van der Waals surface area contributed by atoms with Gasteiger partial charge in [-0.2, -0.15) is 12.7 Å². The monoisotopic (exact) mass is 647 g/mol. The Morgan fingerprint density at radius 3 is 1.55 bits per heavy atom. The van der Waals surface area contributed by atoms with Gasteiger partial charge in [0.15, 0.2) is 0 Å². The van der Waals surface area contributed by atoms with E-state index in [0.29, 0.717) is 22.6 Å². The first-order valence-electron chi connectivity index (χ1n) is 14.7. The van der Waals surface area contributed by atoms with Crippen LogP contribution >= 0.6 is 0 Å². The molecule has 1 aliphatic rings. The first-order chi connectivity index (χ1) is 20.9. The van der Waals surface area contributed by atoms with Crippen LogP contribution < -0.4 is 14.5 Å². The lowest BCUT2D eigenvalue weighted by Gasteiger charge is -2.32. The Balaban J connectivity index is 1.97. The average Bonchev–Trinajstić information content (AvgIpc) is 3.00. The molecule has 240 valence electrons. The molecule has 11 nitrogen and oxygen atoms in total. The Morgan fingerprint density at radius 2 is 1.14 bits per heavy atom. The maximum Gasteiger partial charge on any atom is 0.294 e. The van der Waals surface area contributed by atoms with E-state index in [1.54, 1.807) is 0 Å². The van der Waals surface area contributed by atoms with Gasteiger partial charge in [0.2, 0.25) is 10.0 Å². The van der Waals surface area contributed by atoms with E-state index in [1.807, 2.05) is 36.4 Å². The summed E-state index contributed by atoms with van der Waals surface area (Å²) in [5.41, 5.74) is 3.36. The number of benzene rings is 3. The summed E-state index contributed by atoms with van der Waals surface area (Å²) in [7, 11) is -9.24. The molecule has 44 heavy (non-hydrogen) atoms. The molecule has 0 unspecified atom stereocenters. The Kier molecular flexibility index (Phi) is 10.6. The summed E-state index contributed by atoms with van der Waals surface area (Å²) in [5.74, 6) is 0.335. The molecule has 0 amide bonds. The van der Waals surface area contributed by atoms with Gasteiger partial charge in [-0.3, -0.25) is 4.55 Å². The number of hydrogen-bond donors (Lipinski definition) is 3. The highest BCUT2D eigenvalue weighted by Crippen LogP contribution is 2.50. The van der Waals surface area contributed by atoms with Crippen molar-refractivity contribution < 1.29 is 36.3 Å². The largest absolute Gasteiger partial charge is 0.457 e. The van der Waals surface area contributed by atoms with E-state index in [1.165, 1.54) is 12.1 Å². The van der Waals surface area contributed by atoms with Gasteiger partial charge in [-0.15, -0.1) is 0 Å². The molecule has 0 atom stereocenters. The molecule has 0 saturated heterocycles. The third kappa shape index (κ3) is 6.58. The number of anilines is 2. The maximum atomic E-state index is 13.4. The minimum absolute atomic E-state index is 0.180. The first-order valence-corrected chi connectivity index (χ1v) is 17.6. The molecule has 0 bridgehead atoms. The van der Waals surface area contributed by atoms with Crippen molar-refractivity contribution in [3.63, 3.8) is 0 Å². The lowest BCUT2D eigenvalue weighted by molar-refractivity contribution is 0.217. The molecule has 3 N–H and O–H groups in total. The number of nitrogens with zero attached hydrogens (tertiary/aromatic N) is 3. The second-order valence-corrected chi connectivity index (χ2v) is 13.7. The third-order valence-corrected chi connectivity index (χ3v) is 10.8. The molecule has 4 rings (SSSR count). The van der Waals surface area contributed by atoms with Crippen molar-refractivity contribution in [2.24, 2.45) is 0 Å². The van der Waals surface area contributed by atoms with E-state index in [9.17, 15) is 31.6 Å². The quantitative estimate of drug-likeness (QED) is 0.172. The minimum atomic E-state index is -4.92. The van der Waals surface area contributed by atoms with Gasteiger partial charge in [-0.1, -0.05) is 18.2 Å². The summed E-state index contributed by atoms with van der Waals surface area (Å²) < 4.78 is 70.3. The van der Waals surface area contributed by atoms with Gasteiger partial charge in [0, 0.05) is 79.8 Å². The van der Waals surface area contributed by atoms with Crippen molar-refractivity contribution in [3.8, 4) is 11.5 Å². The van der Waals surface area contributed by atoms with Gasteiger partial charge in [0.1, 0.15) is 11.5 Å². The molecule has 0 radical (unpaired) electrons. The fraction of sp³-hybridized carbons (Fsp3) is 0.419. The molecule has 0 aliphatic carbocycles. The molecular weight excluding hydrogens is 606 g/mol. The number of hydrogen-bond acceptors (Lipinski definition) is 9. The SMILES string of the molecule is CCN(CC)c1ccc2c(c1)Oc1cc(N(CC)CC)ccc1C2c1ccc(S(=O)(=O)N(CCO)CCO)cc1S(=O)(=O)O. The Hall–Kier alpha value is -3.20. The Labute approximate surface area is 260 Å². The van der Waals surface area contributed by atoms with Crippen LogP contribution in [0.5, 0.6) is 11.5 Å². The molecule has 0 saturated carbocycles. The normalized spacial score (nSPS) is 13.4. The Morgan fingerprint density at radius 1 is 0.682 bits per heavy atom. The fourth-order valence-electron chi connectivity index (χ4n) is 5.75. The number of ether oxygens (including phenoxy) is 1. The van der Waals surface area contributed by atoms with Crippen LogP contribution in [0.1, 0.15) is 50.3 Å². The molecular formula is C31H41N3O8S2. The predicted octanol–water partition coefficient (Wildman–Crippen LogP) is 3.89. The molecule has 1 heterocycles. The van der Waals surface area contributed by atoms with Crippen molar-refractivity contribution in [3.05, 3.63) is 71.3 Å². The van der Waals surface area contributed by atoms with Crippen molar-refractivity contribution >= 4 is 31.5 Å². The smallest absolute Gasteiger partial charge is 0.294 e. The van der Waals surface area contributed by atoms with Crippen molar-refractivity contribution in [1.29, 1.82) is 0 Å². The number of sulfonamides is 1. The summed E-state index contributed by atoms with van der Waals surface area (Å²) in [4.78, 5) is 3.37. The number of rotatable bonds is 14. The van der Waals surface area contributed by atoms with Gasteiger partial charge in [-0.05, 0) is 57.5 Å². The standard InChI is InChI=1S/C31H41N3O8S2/c1-5-32(6-2)22-9-12-25-28(19-22)42-29-20-23(33(7-3)8-4)10-13-26(29)31(25)27-14-11-24(21-30(27)44(39,40)41)43(37,38)34(15-17-35)16-18-36/h9-14,19-21,31,35-36H,5-8,15-18H2,1-4H3,(H,39,40,41). The predicted molar refractivity (Wildman–Crippen MR) is 170 cm³/mol. The van der Waals surface area contributed by atoms with E-state index in [0.717, 1.165) is 47.9 Å². The molecule has 0 fully saturated rings. The highest BCUT2D eigenvalue weighted by atomic mass is 32.2. The minimum Gasteiger partial charge on any atom is -0.457 e. The van der Waals surface area contributed by atoms with Crippen LogP contribution in [0.25, 0.3) is 0 Å². The van der Waals surface area contributed by atoms with Crippen LogP contribution in [0, 0.1) is 0 Å². The number of aliphatic hydroxyl groups is 2. The van der Waals surface area contributed by atoms with E-state index in [-0.39, 0.29) is 18.7 Å². The lowest BCUT2D eigenvalue weighted by atomic mass is 9.82. The topological polar surface area (TPSA) is 148 Å². The van der Waals surface area contributed by atoms with Crippen LogP contribution in [-0.2, 0) is 20.1 Å². The molecule has 3 aromatic rings. The van der Waals surface area contributed by atoms with Gasteiger partial charge >= 0.3 is 0 Å². The lowest BCUT2D eigenvalue weighted by Crippen LogP contribution is -2.36. The zero-order chi connectivity index (χ0) is 32.2. The second-order valence-electron chi connectivity index (χ2n) is 10.3. The van der Waals surface area contributed by atoms with E-state index in [4.69, 9.17) is 4.74 Å². The average molecular weight is 648 g/mol. The van der Waals surface area contributed by atoms with Gasteiger partial charge < -0.3 is 24.7 Å². The highest BCUT2D eigenvalue weighted by Gasteiger charge is 2.35. The van der Waals surface area contributed by atoms with Crippen LogP contribution in [0.4, 0.5) is 11.4 Å². The molecule has 3 aromatic carbocycles. The molecule has 1 aliphatic heterocycles. The summed E-state index contributed by atoms with van der Waals surface area (Å²) in [6.45, 7) is 9.70. The highest BCUT2D eigenvalue weighted by molar-refractivity contribution is 7.89. The van der Waals surface area contributed by atoms with Crippen LogP contribution in [0.3, 0.4) is 0 Å². The van der Waals surface area contributed by atoms with Crippen LogP contribution in [0.2, 0.25) is 0 Å². The molecule has 0 spiro atoms. The van der Waals surface area contributed by atoms with E-state index >= 15 is 0 Å². The summed E-state index contributed by atoms with van der Waals surface area (Å²) >= 11 is 0. The fourth-order valence-corrected chi connectivity index (χ4v) is 8.04. The van der Waals surface area contributed by atoms with Gasteiger partial charge in [0.05, 0.1) is 23.0 Å². The van der Waals surface area contributed by atoms with Crippen molar-refractivity contribution in [1.82, 2.24) is 4.31 Å². The maximum absolute atomic E-state index is 13.4. The van der Waals surface area contributed by atoms with Crippen molar-refractivity contribution in [2.45, 2.75) is 43.4 Å². The first kappa shape index (κ1) is 33.7. The molecule has 13 heteroatoms. The number of aliphatic hydroxyl groups excluding tert-OH is 2. The summed E-state index contributed by atoms with van der Waals surface area (Å²) in [6.07, 6.45) is 0. The third-order valence-electron chi connectivity index (χ3n) is 8.00. The summed E-state index contributed by atoms with van der Waals surface area (Å²) in [6, 6.07) is 15.1. The second kappa shape index (κ2) is 13.8. The zero-order valence-electron chi connectivity index (χ0n) is 25.5. The number of fused-ring (bicyclic) bond motifs is 2. The summed E-state index contributed by atoms with van der Waals surface area (Å²) in [5, 5.41) is 18.8. The molecule has 0 aromatic heterocycles. The van der Waals surface area contributed by atoms with Crippen LogP contribution in [-0.4, -0.2) is 88.4 Å². The van der Waals surface area contributed by atoms with Crippen LogP contribution in [0.15, 0.2) is 64.4 Å².